The third-order valence-corrected chi connectivity index (χ3v) is 2.39. The molecule has 14 heavy (non-hydrogen) atoms. The van der Waals surface area contributed by atoms with E-state index in [1.165, 1.54) is 0 Å². The molecule has 0 N–H and O–H groups in total. The number of Topliss-reactive ketones (excluding diaryl/α,β-unsaturated/α-hetero) is 1. The van der Waals surface area contributed by atoms with Crippen molar-refractivity contribution in [3.63, 3.8) is 0 Å². The minimum Gasteiger partial charge on any atom is -0.303 e. The van der Waals surface area contributed by atoms with Gasteiger partial charge in [-0.05, 0) is 25.4 Å². The highest BCUT2D eigenvalue weighted by Crippen LogP contribution is 2.02. The molecule has 0 amide bonds. The lowest BCUT2D eigenvalue weighted by atomic mass is 10.1. The Balaban J connectivity index is 3.57. The molecule has 0 rings (SSSR count). The van der Waals surface area contributed by atoms with E-state index in [-0.39, 0.29) is 0 Å². The zero-order valence-electron chi connectivity index (χ0n) is 10.2. The third kappa shape index (κ3) is 7.07. The molecule has 0 aliphatic carbocycles. The van der Waals surface area contributed by atoms with Gasteiger partial charge in [-0.25, -0.2) is 0 Å². The number of hydrogen-bond donors (Lipinski definition) is 0. The number of hydrogen-bond acceptors (Lipinski definition) is 2. The van der Waals surface area contributed by atoms with Crippen LogP contribution in [0.3, 0.4) is 0 Å². The van der Waals surface area contributed by atoms with Gasteiger partial charge < -0.3 is 4.90 Å². The lowest BCUT2D eigenvalue weighted by Crippen LogP contribution is -2.28. The summed E-state index contributed by atoms with van der Waals surface area (Å²) >= 11 is 0. The molecule has 2 nitrogen and oxygen atoms in total. The molecule has 0 aromatic carbocycles. The number of carbonyl (C=O) groups excluding carboxylic acids is 1. The molecule has 0 aromatic heterocycles. The number of rotatable bonds is 8. The first-order valence-electron chi connectivity index (χ1n) is 5.84. The molecule has 0 spiro atoms. The van der Waals surface area contributed by atoms with Gasteiger partial charge in [0.15, 0.2) is 0 Å². The van der Waals surface area contributed by atoms with Crippen LogP contribution < -0.4 is 0 Å². The molecule has 2 heteroatoms. The standard InChI is InChI=1S/C12H25NO/c1-5-12(14)8-7-9-13(6-2)10-11(3)4/h11H,5-10H2,1-4H3. The first-order chi connectivity index (χ1) is 6.60. The minimum absolute atomic E-state index is 0.394. The van der Waals surface area contributed by atoms with Crippen molar-refractivity contribution in [2.24, 2.45) is 5.92 Å². The van der Waals surface area contributed by atoms with E-state index < -0.39 is 0 Å². The number of ketones is 1. The van der Waals surface area contributed by atoms with E-state index >= 15 is 0 Å². The molecule has 0 saturated heterocycles. The zero-order chi connectivity index (χ0) is 11.0. The maximum Gasteiger partial charge on any atom is 0.132 e. The lowest BCUT2D eigenvalue weighted by molar-refractivity contribution is -0.118. The Morgan fingerprint density at radius 1 is 1.29 bits per heavy atom. The summed E-state index contributed by atoms with van der Waals surface area (Å²) in [6, 6.07) is 0. The maximum absolute atomic E-state index is 11.1. The van der Waals surface area contributed by atoms with E-state index in [1.54, 1.807) is 0 Å². The van der Waals surface area contributed by atoms with Crippen LogP contribution in [0.1, 0.15) is 47.0 Å². The van der Waals surface area contributed by atoms with E-state index in [4.69, 9.17) is 0 Å². The molecule has 0 atom stereocenters. The summed E-state index contributed by atoms with van der Waals surface area (Å²) in [7, 11) is 0. The van der Waals surface area contributed by atoms with Crippen LogP contribution in [0.2, 0.25) is 0 Å². The van der Waals surface area contributed by atoms with E-state index in [0.29, 0.717) is 12.2 Å². The molecule has 0 aliphatic rings. The van der Waals surface area contributed by atoms with Gasteiger partial charge in [0.25, 0.3) is 0 Å². The minimum atomic E-state index is 0.394. The summed E-state index contributed by atoms with van der Waals surface area (Å²) in [6.07, 6.45) is 2.47. The van der Waals surface area contributed by atoms with Crippen LogP contribution in [0.25, 0.3) is 0 Å². The predicted octanol–water partition coefficient (Wildman–Crippen LogP) is 2.72. The molecule has 0 radical (unpaired) electrons. The quantitative estimate of drug-likeness (QED) is 0.599. The van der Waals surface area contributed by atoms with Crippen molar-refractivity contribution in [1.82, 2.24) is 4.90 Å². The second-order valence-corrected chi connectivity index (χ2v) is 4.28. The zero-order valence-corrected chi connectivity index (χ0v) is 10.2. The fraction of sp³-hybridized carbons (Fsp3) is 0.917. The van der Waals surface area contributed by atoms with Crippen LogP contribution in [-0.2, 0) is 4.79 Å². The maximum atomic E-state index is 11.1. The Kier molecular flexibility index (Phi) is 7.77. The molecule has 0 saturated carbocycles. The van der Waals surface area contributed by atoms with Crippen molar-refractivity contribution < 1.29 is 4.79 Å². The molecule has 0 fully saturated rings. The van der Waals surface area contributed by atoms with E-state index in [9.17, 15) is 4.79 Å². The van der Waals surface area contributed by atoms with Gasteiger partial charge in [0.1, 0.15) is 5.78 Å². The van der Waals surface area contributed by atoms with E-state index in [2.05, 4.69) is 25.7 Å². The van der Waals surface area contributed by atoms with Crippen molar-refractivity contribution in [1.29, 1.82) is 0 Å². The van der Waals surface area contributed by atoms with Gasteiger partial charge >= 0.3 is 0 Å². The molecule has 0 unspecified atom stereocenters. The van der Waals surface area contributed by atoms with Crippen molar-refractivity contribution >= 4 is 5.78 Å². The Hall–Kier alpha value is -0.370. The molecule has 84 valence electrons. The normalized spacial score (nSPS) is 11.3. The monoisotopic (exact) mass is 199 g/mol. The Morgan fingerprint density at radius 3 is 2.36 bits per heavy atom. The summed E-state index contributed by atoms with van der Waals surface area (Å²) in [4.78, 5) is 13.5. The van der Waals surface area contributed by atoms with Crippen LogP contribution in [0.5, 0.6) is 0 Å². The van der Waals surface area contributed by atoms with Crippen molar-refractivity contribution in [2.75, 3.05) is 19.6 Å². The molecule has 0 aliphatic heterocycles. The average molecular weight is 199 g/mol. The molecular weight excluding hydrogens is 174 g/mol. The smallest absolute Gasteiger partial charge is 0.132 e. The second-order valence-electron chi connectivity index (χ2n) is 4.28. The Bertz CT molecular complexity index is 154. The van der Waals surface area contributed by atoms with Gasteiger partial charge in [0.05, 0.1) is 0 Å². The van der Waals surface area contributed by atoms with Gasteiger partial charge in [-0.3, -0.25) is 4.79 Å². The highest BCUT2D eigenvalue weighted by Gasteiger charge is 2.05. The van der Waals surface area contributed by atoms with Crippen LogP contribution >= 0.6 is 0 Å². The lowest BCUT2D eigenvalue weighted by Gasteiger charge is -2.22. The molecule has 0 aromatic rings. The highest BCUT2D eigenvalue weighted by atomic mass is 16.1. The van der Waals surface area contributed by atoms with Gasteiger partial charge in [-0.15, -0.1) is 0 Å². The van der Waals surface area contributed by atoms with Crippen LogP contribution in [-0.4, -0.2) is 30.3 Å². The molecule has 0 bridgehead atoms. The summed E-state index contributed by atoms with van der Waals surface area (Å²) in [5.41, 5.74) is 0. The van der Waals surface area contributed by atoms with E-state index in [0.717, 1.165) is 38.4 Å². The largest absolute Gasteiger partial charge is 0.303 e. The Morgan fingerprint density at radius 2 is 1.93 bits per heavy atom. The van der Waals surface area contributed by atoms with Crippen LogP contribution in [0, 0.1) is 5.92 Å². The SMILES string of the molecule is CCC(=O)CCCN(CC)CC(C)C. The Labute approximate surface area is 88.7 Å². The third-order valence-electron chi connectivity index (χ3n) is 2.39. The van der Waals surface area contributed by atoms with Gasteiger partial charge in [0, 0.05) is 19.4 Å². The van der Waals surface area contributed by atoms with Crippen LogP contribution in [0.15, 0.2) is 0 Å². The summed E-state index contributed by atoms with van der Waals surface area (Å²) in [5, 5.41) is 0. The predicted molar refractivity (Wildman–Crippen MR) is 61.5 cm³/mol. The second kappa shape index (κ2) is 7.98. The first-order valence-corrected chi connectivity index (χ1v) is 5.84. The van der Waals surface area contributed by atoms with Crippen LogP contribution in [0.4, 0.5) is 0 Å². The topological polar surface area (TPSA) is 20.3 Å². The van der Waals surface area contributed by atoms with Crippen molar-refractivity contribution in [2.45, 2.75) is 47.0 Å². The van der Waals surface area contributed by atoms with Gasteiger partial charge in [0.2, 0.25) is 0 Å². The van der Waals surface area contributed by atoms with Gasteiger partial charge in [-0.2, -0.15) is 0 Å². The van der Waals surface area contributed by atoms with Gasteiger partial charge in [-0.1, -0.05) is 27.7 Å². The first kappa shape index (κ1) is 13.6. The molecule has 0 heterocycles. The average Bonchev–Trinajstić information content (AvgIpc) is 2.15. The van der Waals surface area contributed by atoms with Crippen molar-refractivity contribution in [3.8, 4) is 0 Å². The van der Waals surface area contributed by atoms with Crippen molar-refractivity contribution in [3.05, 3.63) is 0 Å². The fourth-order valence-electron chi connectivity index (χ4n) is 1.57. The number of nitrogens with zero attached hydrogens (tertiary/aromatic N) is 1. The molecular formula is C12H25NO. The number of carbonyl (C=O) groups is 1. The van der Waals surface area contributed by atoms with E-state index in [1.807, 2.05) is 6.92 Å². The summed E-state index contributed by atoms with van der Waals surface area (Å²) < 4.78 is 0. The summed E-state index contributed by atoms with van der Waals surface area (Å²) in [6.45, 7) is 11.9. The highest BCUT2D eigenvalue weighted by molar-refractivity contribution is 5.77. The summed E-state index contributed by atoms with van der Waals surface area (Å²) in [5.74, 6) is 1.11. The fourth-order valence-corrected chi connectivity index (χ4v) is 1.57.